The Balaban J connectivity index is 2.15. The molecule has 0 aliphatic heterocycles. The second-order valence-electron chi connectivity index (χ2n) is 4.08. The van der Waals surface area contributed by atoms with E-state index in [0.717, 1.165) is 0 Å². The van der Waals surface area contributed by atoms with E-state index >= 15 is 0 Å². The summed E-state index contributed by atoms with van der Waals surface area (Å²) in [5.74, 6) is -0.403. The summed E-state index contributed by atoms with van der Waals surface area (Å²) < 4.78 is 14.7. The zero-order valence-electron chi connectivity index (χ0n) is 9.68. The van der Waals surface area contributed by atoms with Crippen molar-refractivity contribution in [2.45, 2.75) is 6.54 Å². The van der Waals surface area contributed by atoms with Gasteiger partial charge in [-0.05, 0) is 6.07 Å². The van der Waals surface area contributed by atoms with E-state index < -0.39 is 16.9 Å². The van der Waals surface area contributed by atoms with E-state index in [-0.39, 0.29) is 17.4 Å². The standard InChI is InChI=1S/C12H9FN4O2/c13-9-4-2-1-3-7(9)6-17-12(19)8-5-14-15-11(18)10(8)16-17/h1-5,16H,6H2,(H,15,18). The Morgan fingerprint density at radius 3 is 2.79 bits per heavy atom. The Hall–Kier alpha value is -2.70. The molecule has 2 heterocycles. The number of hydrogen-bond donors (Lipinski definition) is 2. The lowest BCUT2D eigenvalue weighted by atomic mass is 10.2. The predicted octanol–water partition coefficient (Wildman–Crippen LogP) is 0.600. The highest BCUT2D eigenvalue weighted by Crippen LogP contribution is 2.08. The van der Waals surface area contributed by atoms with Gasteiger partial charge in [0.2, 0.25) is 0 Å². The Bertz CT molecular complexity index is 862. The monoisotopic (exact) mass is 260 g/mol. The Morgan fingerprint density at radius 1 is 1.26 bits per heavy atom. The number of rotatable bonds is 2. The van der Waals surface area contributed by atoms with Crippen LogP contribution >= 0.6 is 0 Å². The Kier molecular flexibility index (Phi) is 2.52. The van der Waals surface area contributed by atoms with Crippen molar-refractivity contribution in [1.82, 2.24) is 20.0 Å². The molecule has 0 radical (unpaired) electrons. The van der Waals surface area contributed by atoms with Crippen molar-refractivity contribution in [2.24, 2.45) is 0 Å². The van der Waals surface area contributed by atoms with Gasteiger partial charge in [-0.2, -0.15) is 5.10 Å². The summed E-state index contributed by atoms with van der Waals surface area (Å²) in [6.45, 7) is 0.0274. The van der Waals surface area contributed by atoms with E-state index in [1.165, 1.54) is 16.9 Å². The first-order valence-corrected chi connectivity index (χ1v) is 5.56. The molecular weight excluding hydrogens is 251 g/mol. The minimum Gasteiger partial charge on any atom is -0.289 e. The van der Waals surface area contributed by atoms with Crippen LogP contribution in [0.3, 0.4) is 0 Å². The fourth-order valence-electron chi connectivity index (χ4n) is 1.91. The lowest BCUT2D eigenvalue weighted by Gasteiger charge is -2.02. The number of benzene rings is 1. The molecule has 0 bridgehead atoms. The molecule has 0 fully saturated rings. The van der Waals surface area contributed by atoms with Gasteiger partial charge in [-0.25, -0.2) is 14.2 Å². The van der Waals surface area contributed by atoms with Gasteiger partial charge in [0.25, 0.3) is 11.1 Å². The first-order chi connectivity index (χ1) is 9.16. The molecule has 19 heavy (non-hydrogen) atoms. The van der Waals surface area contributed by atoms with Crippen molar-refractivity contribution < 1.29 is 4.39 Å². The summed E-state index contributed by atoms with van der Waals surface area (Å²) in [6, 6.07) is 6.15. The average molecular weight is 260 g/mol. The second-order valence-corrected chi connectivity index (χ2v) is 4.08. The highest BCUT2D eigenvalue weighted by Gasteiger charge is 2.11. The largest absolute Gasteiger partial charge is 0.290 e. The third kappa shape index (κ3) is 1.85. The van der Waals surface area contributed by atoms with Gasteiger partial charge < -0.3 is 0 Å². The SMILES string of the molecule is O=c1[nH]ncc2c(=O)n(Cc3ccccc3F)[nH]c12. The second kappa shape index (κ2) is 4.20. The summed E-state index contributed by atoms with van der Waals surface area (Å²) in [7, 11) is 0. The van der Waals surface area contributed by atoms with Crippen LogP contribution in [0.25, 0.3) is 10.9 Å². The maximum absolute atomic E-state index is 13.5. The van der Waals surface area contributed by atoms with Gasteiger partial charge in [-0.3, -0.25) is 14.7 Å². The van der Waals surface area contributed by atoms with Gasteiger partial charge in [0.1, 0.15) is 11.3 Å². The average Bonchev–Trinajstić information content (AvgIpc) is 2.72. The van der Waals surface area contributed by atoms with E-state index in [2.05, 4.69) is 15.3 Å². The van der Waals surface area contributed by atoms with Crippen LogP contribution in [-0.2, 0) is 6.54 Å². The molecular formula is C12H9FN4O2. The number of aromatic nitrogens is 4. The van der Waals surface area contributed by atoms with Crippen LogP contribution in [0.15, 0.2) is 40.1 Å². The van der Waals surface area contributed by atoms with Crippen LogP contribution in [0.2, 0.25) is 0 Å². The van der Waals surface area contributed by atoms with Crippen molar-refractivity contribution in [3.05, 3.63) is 62.6 Å². The van der Waals surface area contributed by atoms with Crippen molar-refractivity contribution in [3.63, 3.8) is 0 Å². The number of nitrogens with one attached hydrogen (secondary N) is 2. The van der Waals surface area contributed by atoms with E-state index in [0.29, 0.717) is 5.56 Å². The van der Waals surface area contributed by atoms with Gasteiger partial charge in [0.05, 0.1) is 18.1 Å². The molecule has 6 nitrogen and oxygen atoms in total. The van der Waals surface area contributed by atoms with E-state index in [1.54, 1.807) is 18.2 Å². The van der Waals surface area contributed by atoms with Crippen molar-refractivity contribution >= 4 is 10.9 Å². The molecule has 3 aromatic rings. The van der Waals surface area contributed by atoms with E-state index in [1.807, 2.05) is 0 Å². The quantitative estimate of drug-likeness (QED) is 0.707. The molecule has 3 rings (SSSR count). The fourth-order valence-corrected chi connectivity index (χ4v) is 1.91. The molecule has 0 saturated heterocycles. The van der Waals surface area contributed by atoms with Gasteiger partial charge in [-0.1, -0.05) is 18.2 Å². The number of halogens is 1. The van der Waals surface area contributed by atoms with Crippen LogP contribution in [-0.4, -0.2) is 20.0 Å². The molecule has 0 amide bonds. The minimum absolute atomic E-state index is 0.0274. The summed E-state index contributed by atoms with van der Waals surface area (Å²) in [5, 5.41) is 8.64. The lowest BCUT2D eigenvalue weighted by Crippen LogP contribution is -2.17. The summed E-state index contributed by atoms with van der Waals surface area (Å²) in [6.07, 6.45) is 1.27. The molecule has 1 aromatic carbocycles. The zero-order chi connectivity index (χ0) is 13.4. The zero-order valence-corrected chi connectivity index (χ0v) is 9.68. The highest BCUT2D eigenvalue weighted by atomic mass is 19.1. The summed E-state index contributed by atoms with van der Waals surface area (Å²) in [4.78, 5) is 23.5. The maximum Gasteiger partial charge on any atom is 0.290 e. The van der Waals surface area contributed by atoms with Crippen LogP contribution in [0.1, 0.15) is 5.56 Å². The molecule has 2 aromatic heterocycles. The molecule has 96 valence electrons. The molecule has 2 N–H and O–H groups in total. The fraction of sp³-hybridized carbons (Fsp3) is 0.0833. The summed E-state index contributed by atoms with van der Waals surface area (Å²) in [5.41, 5.74) is -0.393. The Labute approximate surface area is 105 Å². The molecule has 0 saturated carbocycles. The number of nitrogens with zero attached hydrogens (tertiary/aromatic N) is 2. The van der Waals surface area contributed by atoms with Gasteiger partial charge >= 0.3 is 0 Å². The molecule has 0 aliphatic rings. The van der Waals surface area contributed by atoms with Crippen molar-refractivity contribution in [1.29, 1.82) is 0 Å². The van der Waals surface area contributed by atoms with Crippen LogP contribution in [0.5, 0.6) is 0 Å². The third-order valence-corrected chi connectivity index (χ3v) is 2.86. The smallest absolute Gasteiger partial charge is 0.289 e. The molecule has 7 heteroatoms. The topological polar surface area (TPSA) is 83.5 Å². The number of aromatic amines is 2. The van der Waals surface area contributed by atoms with E-state index in [4.69, 9.17) is 0 Å². The molecule has 0 atom stereocenters. The number of hydrogen-bond acceptors (Lipinski definition) is 3. The number of fused-ring (bicyclic) bond motifs is 1. The highest BCUT2D eigenvalue weighted by molar-refractivity contribution is 5.75. The molecule has 0 unspecified atom stereocenters. The minimum atomic E-state index is -0.484. The van der Waals surface area contributed by atoms with Crippen molar-refractivity contribution in [3.8, 4) is 0 Å². The third-order valence-electron chi connectivity index (χ3n) is 2.86. The first kappa shape index (κ1) is 11.4. The predicted molar refractivity (Wildman–Crippen MR) is 66.5 cm³/mol. The van der Waals surface area contributed by atoms with Crippen LogP contribution < -0.4 is 11.1 Å². The van der Waals surface area contributed by atoms with Crippen LogP contribution in [0, 0.1) is 5.82 Å². The lowest BCUT2D eigenvalue weighted by molar-refractivity contribution is 0.581. The van der Waals surface area contributed by atoms with Gasteiger partial charge in [-0.15, -0.1) is 0 Å². The maximum atomic E-state index is 13.5. The van der Waals surface area contributed by atoms with Gasteiger partial charge in [0.15, 0.2) is 0 Å². The molecule has 0 aliphatic carbocycles. The first-order valence-electron chi connectivity index (χ1n) is 5.56. The van der Waals surface area contributed by atoms with Crippen LogP contribution in [0.4, 0.5) is 4.39 Å². The Morgan fingerprint density at radius 2 is 2.05 bits per heavy atom. The normalized spacial score (nSPS) is 11.0. The van der Waals surface area contributed by atoms with E-state index in [9.17, 15) is 14.0 Å². The summed E-state index contributed by atoms with van der Waals surface area (Å²) >= 11 is 0. The van der Waals surface area contributed by atoms with Gasteiger partial charge in [0, 0.05) is 5.56 Å². The number of H-pyrrole nitrogens is 2. The molecule has 0 spiro atoms. The van der Waals surface area contributed by atoms with Crippen molar-refractivity contribution in [2.75, 3.05) is 0 Å².